The van der Waals surface area contributed by atoms with E-state index in [1.807, 2.05) is 0 Å². The van der Waals surface area contributed by atoms with E-state index in [-0.39, 0.29) is 5.91 Å². The first kappa shape index (κ1) is 18.3. The van der Waals surface area contributed by atoms with Gasteiger partial charge in [0.1, 0.15) is 12.3 Å². The number of pyridine rings is 1. The number of methoxy groups -OCH3 is 1. The summed E-state index contributed by atoms with van der Waals surface area (Å²) in [5.41, 5.74) is 1.13. The van der Waals surface area contributed by atoms with Crippen molar-refractivity contribution >= 4 is 40.9 Å². The van der Waals surface area contributed by atoms with Crippen molar-refractivity contribution in [3.05, 3.63) is 58.2 Å². The van der Waals surface area contributed by atoms with Gasteiger partial charge in [0, 0.05) is 19.4 Å². The van der Waals surface area contributed by atoms with Crippen LogP contribution in [0.3, 0.4) is 0 Å². The Morgan fingerprint density at radius 1 is 1.25 bits per heavy atom. The maximum Gasteiger partial charge on any atom is 0.248 e. The fraction of sp³-hybridized carbons (Fsp3) is 0.176. The SMILES string of the molecule is COCCOc1ncccc1NC(=O)/C=C/c1cccc(Cl)c1Cl. The van der Waals surface area contributed by atoms with Crippen molar-refractivity contribution < 1.29 is 14.3 Å². The molecule has 0 spiro atoms. The first-order chi connectivity index (χ1) is 11.6. The first-order valence-electron chi connectivity index (χ1n) is 7.11. The van der Waals surface area contributed by atoms with Crippen LogP contribution < -0.4 is 10.1 Å². The molecule has 0 bridgehead atoms. The summed E-state index contributed by atoms with van der Waals surface area (Å²) in [5.74, 6) is -0.00674. The number of benzene rings is 1. The van der Waals surface area contributed by atoms with Crippen molar-refractivity contribution in [1.29, 1.82) is 0 Å². The normalized spacial score (nSPS) is 10.8. The molecular weight excluding hydrogens is 351 g/mol. The van der Waals surface area contributed by atoms with E-state index in [0.29, 0.717) is 40.4 Å². The van der Waals surface area contributed by atoms with E-state index in [2.05, 4.69) is 10.3 Å². The number of hydrogen-bond acceptors (Lipinski definition) is 4. The minimum absolute atomic E-state index is 0.331. The van der Waals surface area contributed by atoms with Crippen molar-refractivity contribution in [2.75, 3.05) is 25.6 Å². The second kappa shape index (κ2) is 9.27. The molecule has 0 saturated heterocycles. The molecule has 0 atom stereocenters. The lowest BCUT2D eigenvalue weighted by Gasteiger charge is -2.09. The number of nitrogens with zero attached hydrogens (tertiary/aromatic N) is 1. The van der Waals surface area contributed by atoms with Gasteiger partial charge in [-0.1, -0.05) is 35.3 Å². The molecule has 2 rings (SSSR count). The average molecular weight is 367 g/mol. The van der Waals surface area contributed by atoms with Crippen LogP contribution in [0.4, 0.5) is 5.69 Å². The predicted molar refractivity (Wildman–Crippen MR) is 95.7 cm³/mol. The van der Waals surface area contributed by atoms with Crippen LogP contribution in [0.2, 0.25) is 10.0 Å². The van der Waals surface area contributed by atoms with Gasteiger partial charge in [0.05, 0.1) is 16.7 Å². The molecule has 126 valence electrons. The Hall–Kier alpha value is -2.08. The standard InChI is InChI=1S/C17H16Cl2N2O3/c1-23-10-11-24-17-14(6-3-9-20-17)21-15(22)8-7-12-4-2-5-13(18)16(12)19/h2-9H,10-11H2,1H3,(H,21,22)/b8-7+. The van der Waals surface area contributed by atoms with Crippen molar-refractivity contribution in [3.63, 3.8) is 0 Å². The molecule has 1 heterocycles. The summed E-state index contributed by atoms with van der Waals surface area (Å²) in [4.78, 5) is 16.2. The number of carbonyl (C=O) groups is 1. The molecule has 0 radical (unpaired) electrons. The van der Waals surface area contributed by atoms with Crippen LogP contribution in [0.5, 0.6) is 5.88 Å². The lowest BCUT2D eigenvalue weighted by molar-refractivity contribution is -0.111. The summed E-state index contributed by atoms with van der Waals surface area (Å²) < 4.78 is 10.4. The van der Waals surface area contributed by atoms with Gasteiger partial charge in [-0.3, -0.25) is 4.79 Å². The molecule has 0 aliphatic rings. The van der Waals surface area contributed by atoms with Gasteiger partial charge in [-0.2, -0.15) is 0 Å². The van der Waals surface area contributed by atoms with Crippen LogP contribution in [-0.2, 0) is 9.53 Å². The molecule has 0 saturated carbocycles. The Kier molecular flexibility index (Phi) is 7.06. The Bertz CT molecular complexity index is 736. The third kappa shape index (κ3) is 5.23. The van der Waals surface area contributed by atoms with Crippen molar-refractivity contribution in [2.24, 2.45) is 0 Å². The number of amides is 1. The summed E-state index contributed by atoms with van der Waals surface area (Å²) in [6.45, 7) is 0.765. The number of rotatable bonds is 7. The van der Waals surface area contributed by atoms with E-state index in [1.54, 1.807) is 49.7 Å². The molecule has 2 aromatic rings. The molecule has 1 amide bonds. The van der Waals surface area contributed by atoms with Crippen LogP contribution in [-0.4, -0.2) is 31.2 Å². The van der Waals surface area contributed by atoms with Crippen molar-refractivity contribution in [3.8, 4) is 5.88 Å². The summed E-state index contributed by atoms with van der Waals surface area (Å²) in [5, 5.41) is 3.54. The smallest absolute Gasteiger partial charge is 0.248 e. The fourth-order valence-corrected chi connectivity index (χ4v) is 2.18. The number of aromatic nitrogens is 1. The average Bonchev–Trinajstić information content (AvgIpc) is 2.58. The second-order valence-corrected chi connectivity index (χ2v) is 5.45. The summed E-state index contributed by atoms with van der Waals surface area (Å²) in [6, 6.07) is 8.61. The highest BCUT2D eigenvalue weighted by molar-refractivity contribution is 6.42. The number of anilines is 1. The lowest BCUT2D eigenvalue weighted by Crippen LogP contribution is -2.12. The van der Waals surface area contributed by atoms with Gasteiger partial charge in [0.25, 0.3) is 0 Å². The molecule has 0 fully saturated rings. The van der Waals surface area contributed by atoms with Gasteiger partial charge in [0.2, 0.25) is 11.8 Å². The van der Waals surface area contributed by atoms with Crippen LogP contribution in [0, 0.1) is 0 Å². The molecule has 24 heavy (non-hydrogen) atoms. The Morgan fingerprint density at radius 3 is 2.88 bits per heavy atom. The lowest BCUT2D eigenvalue weighted by atomic mass is 10.2. The van der Waals surface area contributed by atoms with Crippen LogP contribution >= 0.6 is 23.2 Å². The molecule has 1 aromatic heterocycles. The van der Waals surface area contributed by atoms with E-state index in [0.717, 1.165) is 0 Å². The van der Waals surface area contributed by atoms with Crippen molar-refractivity contribution in [1.82, 2.24) is 4.98 Å². The molecule has 1 N–H and O–H groups in total. The Balaban J connectivity index is 2.04. The van der Waals surface area contributed by atoms with Gasteiger partial charge in [-0.05, 0) is 29.8 Å². The van der Waals surface area contributed by atoms with E-state index in [4.69, 9.17) is 32.7 Å². The molecule has 0 aliphatic carbocycles. The minimum Gasteiger partial charge on any atom is -0.474 e. The predicted octanol–water partition coefficient (Wildman–Crippen LogP) is 4.07. The van der Waals surface area contributed by atoms with Crippen LogP contribution in [0.15, 0.2) is 42.6 Å². The molecule has 7 heteroatoms. The molecule has 0 unspecified atom stereocenters. The summed E-state index contributed by atoms with van der Waals surface area (Å²) in [7, 11) is 1.58. The van der Waals surface area contributed by atoms with Gasteiger partial charge in [-0.25, -0.2) is 4.98 Å². The highest BCUT2D eigenvalue weighted by Crippen LogP contribution is 2.26. The maximum absolute atomic E-state index is 12.1. The summed E-state index contributed by atoms with van der Waals surface area (Å²) >= 11 is 12.0. The fourth-order valence-electron chi connectivity index (χ4n) is 1.81. The second-order valence-electron chi connectivity index (χ2n) is 4.66. The maximum atomic E-state index is 12.1. The monoisotopic (exact) mass is 366 g/mol. The van der Waals surface area contributed by atoms with Gasteiger partial charge in [-0.15, -0.1) is 0 Å². The Labute approximate surface area is 150 Å². The third-order valence-electron chi connectivity index (χ3n) is 2.95. The van der Waals surface area contributed by atoms with Crippen LogP contribution in [0.25, 0.3) is 6.08 Å². The topological polar surface area (TPSA) is 60.5 Å². The highest BCUT2D eigenvalue weighted by atomic mass is 35.5. The largest absolute Gasteiger partial charge is 0.474 e. The summed E-state index contributed by atoms with van der Waals surface area (Å²) in [6.07, 6.45) is 4.54. The number of ether oxygens (including phenoxy) is 2. The van der Waals surface area contributed by atoms with E-state index < -0.39 is 0 Å². The number of halogens is 2. The van der Waals surface area contributed by atoms with E-state index in [9.17, 15) is 4.79 Å². The molecular formula is C17H16Cl2N2O3. The van der Waals surface area contributed by atoms with E-state index in [1.165, 1.54) is 6.08 Å². The number of carbonyl (C=O) groups excluding carboxylic acids is 1. The first-order valence-corrected chi connectivity index (χ1v) is 7.87. The van der Waals surface area contributed by atoms with Gasteiger partial charge >= 0.3 is 0 Å². The quantitative estimate of drug-likeness (QED) is 0.592. The van der Waals surface area contributed by atoms with Gasteiger partial charge < -0.3 is 14.8 Å². The third-order valence-corrected chi connectivity index (χ3v) is 3.78. The van der Waals surface area contributed by atoms with E-state index >= 15 is 0 Å². The Morgan fingerprint density at radius 2 is 2.08 bits per heavy atom. The molecule has 1 aromatic carbocycles. The zero-order valence-electron chi connectivity index (χ0n) is 13.0. The molecule has 0 aliphatic heterocycles. The molecule has 5 nitrogen and oxygen atoms in total. The zero-order chi connectivity index (χ0) is 17.4. The van der Waals surface area contributed by atoms with Gasteiger partial charge in [0.15, 0.2) is 0 Å². The van der Waals surface area contributed by atoms with Crippen LogP contribution in [0.1, 0.15) is 5.56 Å². The number of nitrogens with one attached hydrogen (secondary N) is 1. The highest BCUT2D eigenvalue weighted by Gasteiger charge is 2.07. The minimum atomic E-state index is -0.337. The zero-order valence-corrected chi connectivity index (χ0v) is 14.5. The number of hydrogen-bond donors (Lipinski definition) is 1. The van der Waals surface area contributed by atoms with Crippen molar-refractivity contribution in [2.45, 2.75) is 0 Å².